The number of hydrogen-bond acceptors (Lipinski definition) is 2. The number of nitrogens with one attached hydrogen (secondary N) is 3. The summed E-state index contributed by atoms with van der Waals surface area (Å²) in [6, 6.07) is 12.5. The van der Waals surface area contributed by atoms with E-state index in [2.05, 4.69) is 22.5 Å². The molecule has 0 saturated heterocycles. The highest BCUT2D eigenvalue weighted by molar-refractivity contribution is 5.89. The van der Waals surface area contributed by atoms with Crippen LogP contribution in [-0.2, 0) is 13.0 Å². The minimum absolute atomic E-state index is 0.145. The Morgan fingerprint density at radius 1 is 1.14 bits per heavy atom. The summed E-state index contributed by atoms with van der Waals surface area (Å²) in [7, 11) is 0. The Kier molecular flexibility index (Phi) is 5.77. The third-order valence-corrected chi connectivity index (χ3v) is 3.32. The highest BCUT2D eigenvalue weighted by atomic mass is 16.2. The van der Waals surface area contributed by atoms with E-state index in [0.717, 1.165) is 25.0 Å². The normalized spacial score (nSPS) is 10.2. The Bertz CT molecular complexity index is 665. The molecule has 0 fully saturated rings. The van der Waals surface area contributed by atoms with Gasteiger partial charge < -0.3 is 15.6 Å². The first kappa shape index (κ1) is 15.8. The molecule has 0 saturated carbocycles. The van der Waals surface area contributed by atoms with Gasteiger partial charge in [-0.1, -0.05) is 37.6 Å². The molecule has 0 spiro atoms. The number of aromatic nitrogens is 1. The van der Waals surface area contributed by atoms with Crippen molar-refractivity contribution < 1.29 is 4.79 Å². The molecule has 0 aliphatic heterocycles. The first-order valence-corrected chi connectivity index (χ1v) is 7.50. The largest absolute Gasteiger partial charge is 0.334 e. The van der Waals surface area contributed by atoms with Crippen LogP contribution in [0.4, 0.5) is 10.5 Å². The second-order valence-corrected chi connectivity index (χ2v) is 5.12. The van der Waals surface area contributed by atoms with Crippen LogP contribution in [0, 0.1) is 0 Å². The summed E-state index contributed by atoms with van der Waals surface area (Å²) in [6.45, 7) is 2.31. The standard InChI is InChI=1S/C17H21N3O2/c1-2-3-7-15-11-10-13(16(21)19-15)12-18-17(22)20-14-8-5-4-6-9-14/h4-6,8-11H,2-3,7,12H2,1H3,(H,19,21)(H2,18,20,22). The van der Waals surface area contributed by atoms with Crippen molar-refractivity contribution in [3.8, 4) is 0 Å². The molecule has 0 aliphatic rings. The predicted molar refractivity (Wildman–Crippen MR) is 88.0 cm³/mol. The minimum atomic E-state index is -0.333. The highest BCUT2D eigenvalue weighted by Crippen LogP contribution is 2.04. The number of H-pyrrole nitrogens is 1. The fourth-order valence-corrected chi connectivity index (χ4v) is 2.07. The van der Waals surface area contributed by atoms with Crippen molar-refractivity contribution in [1.82, 2.24) is 10.3 Å². The van der Waals surface area contributed by atoms with Gasteiger partial charge in [-0.3, -0.25) is 4.79 Å². The number of unbranched alkanes of at least 4 members (excludes halogenated alkanes) is 1. The molecule has 5 heteroatoms. The van der Waals surface area contributed by atoms with Gasteiger partial charge in [0.25, 0.3) is 5.56 Å². The van der Waals surface area contributed by atoms with Crippen molar-refractivity contribution in [1.29, 1.82) is 0 Å². The third-order valence-electron chi connectivity index (χ3n) is 3.32. The molecule has 1 heterocycles. The number of hydrogen-bond donors (Lipinski definition) is 3. The van der Waals surface area contributed by atoms with Gasteiger partial charge in [-0.05, 0) is 31.0 Å². The quantitative estimate of drug-likeness (QED) is 0.767. The van der Waals surface area contributed by atoms with E-state index in [1.165, 1.54) is 0 Å². The molecular formula is C17H21N3O2. The van der Waals surface area contributed by atoms with E-state index in [-0.39, 0.29) is 18.1 Å². The molecule has 2 amide bonds. The molecule has 22 heavy (non-hydrogen) atoms. The lowest BCUT2D eigenvalue weighted by molar-refractivity contribution is 0.251. The van der Waals surface area contributed by atoms with E-state index < -0.39 is 0 Å². The van der Waals surface area contributed by atoms with Gasteiger partial charge in [0.2, 0.25) is 0 Å². The summed E-state index contributed by atoms with van der Waals surface area (Å²) >= 11 is 0. The van der Waals surface area contributed by atoms with E-state index in [1.807, 2.05) is 24.3 Å². The molecule has 3 N–H and O–H groups in total. The molecule has 0 unspecified atom stereocenters. The van der Waals surface area contributed by atoms with Crippen LogP contribution >= 0.6 is 0 Å². The monoisotopic (exact) mass is 299 g/mol. The molecule has 0 aliphatic carbocycles. The third kappa shape index (κ3) is 4.77. The second kappa shape index (κ2) is 8.02. The lowest BCUT2D eigenvalue weighted by atomic mass is 10.1. The van der Waals surface area contributed by atoms with Crippen molar-refractivity contribution in [2.24, 2.45) is 0 Å². The zero-order chi connectivity index (χ0) is 15.8. The summed E-state index contributed by atoms with van der Waals surface area (Å²) in [5.74, 6) is 0. The summed E-state index contributed by atoms with van der Waals surface area (Å²) in [6.07, 6.45) is 3.01. The average molecular weight is 299 g/mol. The van der Waals surface area contributed by atoms with E-state index in [4.69, 9.17) is 0 Å². The van der Waals surface area contributed by atoms with Gasteiger partial charge in [-0.25, -0.2) is 4.79 Å². The second-order valence-electron chi connectivity index (χ2n) is 5.12. The summed E-state index contributed by atoms with van der Waals surface area (Å²) < 4.78 is 0. The maximum absolute atomic E-state index is 11.9. The van der Waals surface area contributed by atoms with Gasteiger partial charge in [0.15, 0.2) is 0 Å². The Labute approximate surface area is 129 Å². The van der Waals surface area contributed by atoms with Crippen molar-refractivity contribution in [2.45, 2.75) is 32.7 Å². The molecular weight excluding hydrogens is 278 g/mol. The fraction of sp³-hybridized carbons (Fsp3) is 0.294. The summed E-state index contributed by atoms with van der Waals surface area (Å²) in [5.41, 5.74) is 2.05. The van der Waals surface area contributed by atoms with Crippen molar-refractivity contribution in [3.63, 3.8) is 0 Å². The number of anilines is 1. The van der Waals surface area contributed by atoms with Crippen LogP contribution in [0.5, 0.6) is 0 Å². The molecule has 5 nitrogen and oxygen atoms in total. The number of amides is 2. The minimum Gasteiger partial charge on any atom is -0.334 e. The van der Waals surface area contributed by atoms with Gasteiger partial charge >= 0.3 is 6.03 Å². The van der Waals surface area contributed by atoms with E-state index in [1.54, 1.807) is 18.2 Å². The van der Waals surface area contributed by atoms with E-state index in [0.29, 0.717) is 11.3 Å². The molecule has 1 aromatic carbocycles. The van der Waals surface area contributed by atoms with Crippen LogP contribution in [0.3, 0.4) is 0 Å². The van der Waals surface area contributed by atoms with Crippen molar-refractivity contribution in [3.05, 3.63) is 64.1 Å². The van der Waals surface area contributed by atoms with Crippen molar-refractivity contribution >= 4 is 11.7 Å². The molecule has 2 aromatic rings. The Balaban J connectivity index is 1.88. The summed E-state index contributed by atoms with van der Waals surface area (Å²) in [4.78, 5) is 26.6. The lowest BCUT2D eigenvalue weighted by Gasteiger charge is -2.08. The highest BCUT2D eigenvalue weighted by Gasteiger charge is 2.05. The topological polar surface area (TPSA) is 74.0 Å². The number of pyridine rings is 1. The number of benzene rings is 1. The molecule has 0 atom stereocenters. The van der Waals surface area contributed by atoms with Crippen LogP contribution < -0.4 is 16.2 Å². The number of rotatable bonds is 6. The molecule has 1 aromatic heterocycles. The van der Waals surface area contributed by atoms with Gasteiger partial charge in [0.1, 0.15) is 0 Å². The van der Waals surface area contributed by atoms with Crippen LogP contribution in [-0.4, -0.2) is 11.0 Å². The first-order chi connectivity index (χ1) is 10.7. The van der Waals surface area contributed by atoms with Crippen LogP contribution in [0.25, 0.3) is 0 Å². The van der Waals surface area contributed by atoms with Crippen LogP contribution in [0.2, 0.25) is 0 Å². The Morgan fingerprint density at radius 3 is 2.59 bits per heavy atom. The van der Waals surface area contributed by atoms with Gasteiger partial charge in [0.05, 0.1) is 0 Å². The number of carbonyl (C=O) groups is 1. The molecule has 116 valence electrons. The molecule has 2 rings (SSSR count). The smallest absolute Gasteiger partial charge is 0.319 e. The number of urea groups is 1. The van der Waals surface area contributed by atoms with Gasteiger partial charge in [0, 0.05) is 23.5 Å². The predicted octanol–water partition coefficient (Wildman–Crippen LogP) is 3.04. The number of aromatic amines is 1. The fourth-order valence-electron chi connectivity index (χ4n) is 2.07. The average Bonchev–Trinajstić information content (AvgIpc) is 2.53. The Morgan fingerprint density at radius 2 is 1.91 bits per heavy atom. The zero-order valence-electron chi connectivity index (χ0n) is 12.7. The Hall–Kier alpha value is -2.56. The maximum Gasteiger partial charge on any atom is 0.319 e. The zero-order valence-corrected chi connectivity index (χ0v) is 12.7. The van der Waals surface area contributed by atoms with Crippen molar-refractivity contribution in [2.75, 3.05) is 5.32 Å². The number of para-hydroxylation sites is 1. The maximum atomic E-state index is 11.9. The van der Waals surface area contributed by atoms with E-state index in [9.17, 15) is 9.59 Å². The first-order valence-electron chi connectivity index (χ1n) is 7.50. The number of carbonyl (C=O) groups excluding carboxylic acids is 1. The summed E-state index contributed by atoms with van der Waals surface area (Å²) in [5, 5.41) is 5.39. The van der Waals surface area contributed by atoms with Crippen LogP contribution in [0.1, 0.15) is 31.0 Å². The molecule has 0 bridgehead atoms. The lowest BCUT2D eigenvalue weighted by Crippen LogP contribution is -2.30. The number of aryl methyl sites for hydroxylation is 1. The molecule has 0 radical (unpaired) electrons. The van der Waals surface area contributed by atoms with E-state index >= 15 is 0 Å². The SMILES string of the molecule is CCCCc1ccc(CNC(=O)Nc2ccccc2)c(=O)[nH]1. The van der Waals surface area contributed by atoms with Crippen LogP contribution in [0.15, 0.2) is 47.3 Å². The van der Waals surface area contributed by atoms with Gasteiger partial charge in [-0.2, -0.15) is 0 Å². The van der Waals surface area contributed by atoms with Gasteiger partial charge in [-0.15, -0.1) is 0 Å².